The van der Waals surface area contributed by atoms with E-state index in [2.05, 4.69) is 26.2 Å². The van der Waals surface area contributed by atoms with Gasteiger partial charge < -0.3 is 14.6 Å². The van der Waals surface area contributed by atoms with E-state index >= 15 is 0 Å². The number of carbonyl (C=O) groups excluding carboxylic acids is 2. The van der Waals surface area contributed by atoms with E-state index in [0.717, 1.165) is 21.2 Å². The number of aryl methyl sites for hydroxylation is 1. The Balaban J connectivity index is 1.60. The van der Waals surface area contributed by atoms with Gasteiger partial charge in [0.05, 0.1) is 12.1 Å². The van der Waals surface area contributed by atoms with Gasteiger partial charge in [0.2, 0.25) is 11.8 Å². The van der Waals surface area contributed by atoms with Gasteiger partial charge >= 0.3 is 0 Å². The Morgan fingerprint density at radius 1 is 1.30 bits per heavy atom. The van der Waals surface area contributed by atoms with Gasteiger partial charge in [-0.15, -0.1) is 0 Å². The van der Waals surface area contributed by atoms with Crippen LogP contribution in [0, 0.1) is 6.92 Å². The fraction of sp³-hybridized carbons (Fsp3) is 0.250. The van der Waals surface area contributed by atoms with Crippen LogP contribution in [0.4, 0.5) is 0 Å². The fourth-order valence-corrected chi connectivity index (χ4v) is 3.72. The normalized spacial score (nSPS) is 17.2. The van der Waals surface area contributed by atoms with Crippen LogP contribution in [0.5, 0.6) is 0 Å². The molecule has 3 aromatic rings. The Morgan fingerprint density at radius 2 is 2.07 bits per heavy atom. The van der Waals surface area contributed by atoms with Crippen molar-refractivity contribution in [2.24, 2.45) is 0 Å². The first-order valence-electron chi connectivity index (χ1n) is 8.79. The number of amides is 2. The maximum absolute atomic E-state index is 13.0. The van der Waals surface area contributed by atoms with Crippen LogP contribution in [0.1, 0.15) is 22.9 Å². The monoisotopic (exact) mass is 426 g/mol. The summed E-state index contributed by atoms with van der Waals surface area (Å²) < 4.78 is 2.85. The number of hydrogen-bond acceptors (Lipinski definition) is 3. The minimum absolute atomic E-state index is 0.0983. The van der Waals surface area contributed by atoms with Crippen LogP contribution < -0.4 is 5.32 Å². The number of hydrogen-bond donors (Lipinski definition) is 1. The highest BCUT2D eigenvalue weighted by Crippen LogP contribution is 2.25. The lowest BCUT2D eigenvalue weighted by atomic mass is 10.0. The molecule has 1 aliphatic heterocycles. The molecule has 1 N–H and O–H groups in total. The van der Waals surface area contributed by atoms with Crippen LogP contribution in [0.25, 0.3) is 5.65 Å². The first-order valence-corrected chi connectivity index (χ1v) is 9.58. The summed E-state index contributed by atoms with van der Waals surface area (Å²) in [7, 11) is 0. The minimum atomic E-state index is -0.613. The molecule has 0 radical (unpaired) electrons. The number of benzene rings is 1. The Labute approximate surface area is 165 Å². The Kier molecular flexibility index (Phi) is 4.70. The van der Waals surface area contributed by atoms with Crippen molar-refractivity contribution in [3.8, 4) is 0 Å². The summed E-state index contributed by atoms with van der Waals surface area (Å²) in [5.74, 6) is -0.249. The zero-order valence-electron chi connectivity index (χ0n) is 14.9. The lowest BCUT2D eigenvalue weighted by molar-refractivity contribution is -0.143. The van der Waals surface area contributed by atoms with Crippen molar-refractivity contribution in [3.63, 3.8) is 0 Å². The van der Waals surface area contributed by atoms with Crippen LogP contribution in [0.3, 0.4) is 0 Å². The van der Waals surface area contributed by atoms with Crippen LogP contribution in [-0.4, -0.2) is 39.2 Å². The van der Waals surface area contributed by atoms with Crippen LogP contribution >= 0.6 is 15.9 Å². The van der Waals surface area contributed by atoms with Crippen molar-refractivity contribution in [1.29, 1.82) is 0 Å². The van der Waals surface area contributed by atoms with E-state index in [1.165, 1.54) is 0 Å². The number of imidazole rings is 1. The molecular formula is C20H19BrN4O2. The van der Waals surface area contributed by atoms with Gasteiger partial charge in [-0.3, -0.25) is 9.59 Å². The highest BCUT2D eigenvalue weighted by atomic mass is 79.9. The molecule has 1 aromatic carbocycles. The average molecular weight is 427 g/mol. The van der Waals surface area contributed by atoms with Gasteiger partial charge in [-0.1, -0.05) is 34.1 Å². The van der Waals surface area contributed by atoms with Gasteiger partial charge in [0, 0.05) is 30.0 Å². The van der Waals surface area contributed by atoms with Crippen LogP contribution in [-0.2, 0) is 16.0 Å². The van der Waals surface area contributed by atoms with Gasteiger partial charge in [0.25, 0.3) is 0 Å². The van der Waals surface area contributed by atoms with Crippen LogP contribution in [0.15, 0.2) is 53.3 Å². The number of halogens is 1. The van der Waals surface area contributed by atoms with Crippen molar-refractivity contribution in [1.82, 2.24) is 19.6 Å². The number of pyridine rings is 1. The molecule has 0 aliphatic carbocycles. The molecule has 1 unspecified atom stereocenters. The Bertz CT molecular complexity index is 1010. The first kappa shape index (κ1) is 17.7. The molecule has 0 saturated carbocycles. The predicted octanol–water partition coefficient (Wildman–Crippen LogP) is 2.65. The lowest BCUT2D eigenvalue weighted by Gasteiger charge is -2.35. The first-order chi connectivity index (χ1) is 13.0. The molecule has 1 aliphatic rings. The van der Waals surface area contributed by atoms with Gasteiger partial charge in [-0.25, -0.2) is 4.98 Å². The van der Waals surface area contributed by atoms with E-state index in [4.69, 9.17) is 0 Å². The smallest absolute Gasteiger partial charge is 0.247 e. The molecule has 1 atom stereocenters. The van der Waals surface area contributed by atoms with Crippen molar-refractivity contribution in [2.75, 3.05) is 13.1 Å². The second-order valence-corrected chi connectivity index (χ2v) is 7.58. The molecule has 138 valence electrons. The Hall–Kier alpha value is -2.67. The number of nitrogens with zero attached hydrogens (tertiary/aromatic N) is 3. The quantitative estimate of drug-likeness (QED) is 0.699. The molecule has 1 fully saturated rings. The summed E-state index contributed by atoms with van der Waals surface area (Å²) in [4.78, 5) is 31.7. The number of piperazine rings is 1. The van der Waals surface area contributed by atoms with Gasteiger partial charge in [0.15, 0.2) is 0 Å². The van der Waals surface area contributed by atoms with Gasteiger partial charge in [-0.2, -0.15) is 0 Å². The number of rotatable bonds is 3. The molecule has 0 spiro atoms. The number of fused-ring (bicyclic) bond motifs is 1. The molecule has 7 heteroatoms. The van der Waals surface area contributed by atoms with Gasteiger partial charge in [0.1, 0.15) is 11.7 Å². The van der Waals surface area contributed by atoms with E-state index in [1.54, 1.807) is 4.90 Å². The van der Waals surface area contributed by atoms with E-state index in [1.807, 2.05) is 60.1 Å². The molecule has 1 saturated heterocycles. The summed E-state index contributed by atoms with van der Waals surface area (Å²) >= 11 is 3.40. The van der Waals surface area contributed by atoms with E-state index in [-0.39, 0.29) is 18.2 Å². The summed E-state index contributed by atoms with van der Waals surface area (Å²) in [6.45, 7) is 2.94. The number of nitrogens with one attached hydrogen (secondary N) is 1. The van der Waals surface area contributed by atoms with Crippen molar-refractivity contribution in [2.45, 2.75) is 19.4 Å². The minimum Gasteiger partial charge on any atom is -0.352 e. The average Bonchev–Trinajstić information content (AvgIpc) is 3.06. The maximum atomic E-state index is 13.0. The molecule has 27 heavy (non-hydrogen) atoms. The third-order valence-corrected chi connectivity index (χ3v) is 5.31. The van der Waals surface area contributed by atoms with E-state index in [0.29, 0.717) is 18.8 Å². The summed E-state index contributed by atoms with van der Waals surface area (Å²) in [6.07, 6.45) is 3.96. The van der Waals surface area contributed by atoms with Crippen molar-refractivity contribution in [3.05, 3.63) is 70.1 Å². The highest BCUT2D eigenvalue weighted by molar-refractivity contribution is 9.10. The number of carbonyl (C=O) groups is 2. The summed E-state index contributed by atoms with van der Waals surface area (Å²) in [5.41, 5.74) is 3.41. The summed E-state index contributed by atoms with van der Waals surface area (Å²) in [6, 6.07) is 10.8. The van der Waals surface area contributed by atoms with E-state index in [9.17, 15) is 9.59 Å². The zero-order chi connectivity index (χ0) is 19.0. The molecule has 6 nitrogen and oxygen atoms in total. The molecule has 4 rings (SSSR count). The largest absolute Gasteiger partial charge is 0.352 e. The standard InChI is InChI=1S/C20H19BrN4O2/c1-13-3-2-9-24-12-16(23-19(13)24)11-17(26)25-10-8-22-20(27)18(25)14-4-6-15(21)7-5-14/h2-7,9,12,18H,8,10-11H2,1H3,(H,22,27). The molecular weight excluding hydrogens is 408 g/mol. The SMILES string of the molecule is Cc1cccn2cc(CC(=O)N3CCNC(=O)C3c3ccc(Br)cc3)nc12. The highest BCUT2D eigenvalue weighted by Gasteiger charge is 2.34. The molecule has 2 aromatic heterocycles. The van der Waals surface area contributed by atoms with E-state index < -0.39 is 6.04 Å². The van der Waals surface area contributed by atoms with Crippen molar-refractivity contribution >= 4 is 33.4 Å². The molecule has 2 amide bonds. The Morgan fingerprint density at radius 3 is 2.81 bits per heavy atom. The molecule has 3 heterocycles. The number of aromatic nitrogens is 2. The van der Waals surface area contributed by atoms with Crippen LogP contribution in [0.2, 0.25) is 0 Å². The fourth-order valence-electron chi connectivity index (χ4n) is 3.46. The zero-order valence-corrected chi connectivity index (χ0v) is 16.4. The summed E-state index contributed by atoms with van der Waals surface area (Å²) in [5, 5.41) is 2.86. The molecule has 0 bridgehead atoms. The maximum Gasteiger partial charge on any atom is 0.247 e. The second-order valence-electron chi connectivity index (χ2n) is 6.66. The lowest BCUT2D eigenvalue weighted by Crippen LogP contribution is -2.52. The third kappa shape index (κ3) is 3.47. The third-order valence-electron chi connectivity index (χ3n) is 4.78. The van der Waals surface area contributed by atoms with Crippen molar-refractivity contribution < 1.29 is 9.59 Å². The second kappa shape index (κ2) is 7.15. The topological polar surface area (TPSA) is 66.7 Å². The predicted molar refractivity (Wildman–Crippen MR) is 105 cm³/mol. The van der Waals surface area contributed by atoms with Gasteiger partial charge in [-0.05, 0) is 36.2 Å².